The van der Waals surface area contributed by atoms with Crippen LogP contribution in [0.2, 0.25) is 0 Å². The summed E-state index contributed by atoms with van der Waals surface area (Å²) in [5.74, 6) is 2.03. The van der Waals surface area contributed by atoms with Crippen molar-refractivity contribution in [1.29, 1.82) is 0 Å². The van der Waals surface area contributed by atoms with E-state index in [4.69, 9.17) is 8.75 Å². The van der Waals surface area contributed by atoms with E-state index in [9.17, 15) is 0 Å². The molecule has 4 aliphatic rings. The second-order valence-corrected chi connectivity index (χ2v) is 30.2. The number of benzene rings is 8. The Bertz CT molecular complexity index is 3980. The molecule has 0 bridgehead atoms. The van der Waals surface area contributed by atoms with Crippen molar-refractivity contribution in [2.24, 2.45) is 0 Å². The molecule has 0 amide bonds. The number of aryl methyl sites for hydroxylation is 2. The van der Waals surface area contributed by atoms with Gasteiger partial charge in [-0.15, -0.1) is 0 Å². The van der Waals surface area contributed by atoms with Crippen LogP contribution >= 0.6 is 11.7 Å². The van der Waals surface area contributed by atoms with Crippen molar-refractivity contribution in [2.45, 2.75) is 271 Å². The quantitative estimate of drug-likeness (QED) is 0.0377. The van der Waals surface area contributed by atoms with Gasteiger partial charge >= 0.3 is 0 Å². The SMILES string of the molecule is CCCCCCCCC1Cc2cc(-c3ccc(-c4cc5c6c(c4)C(CCCCCCCC)Cc4cc(-c7ccc(N(c8ccccc8)c8ccc(C)cc8)cc7)cc(c4-6)C(CCCCCCCC)C5)c4nsnc34)cc3c2-c2c(cc(C)cc21)CC3CCCCCCCC. The Morgan fingerprint density at radius 1 is 0.319 bits per heavy atom. The fraction of sp³-hybridized carbons (Fsp3) is 0.467. The molecule has 0 spiro atoms. The molecule has 1 aromatic heterocycles. The van der Waals surface area contributed by atoms with E-state index in [0.717, 1.165) is 36.7 Å². The van der Waals surface area contributed by atoms with E-state index < -0.39 is 0 Å². The number of fused-ring (bicyclic) bond motifs is 1. The van der Waals surface area contributed by atoms with Gasteiger partial charge < -0.3 is 4.90 Å². The van der Waals surface area contributed by atoms with Crippen LogP contribution in [-0.2, 0) is 25.7 Å². The summed E-state index contributed by atoms with van der Waals surface area (Å²) in [4.78, 5) is 2.40. The number of unbranched alkanes of at least 4 members (excludes halogenated alkanes) is 20. The van der Waals surface area contributed by atoms with Gasteiger partial charge in [0.25, 0.3) is 0 Å². The van der Waals surface area contributed by atoms with Crippen LogP contribution in [0.5, 0.6) is 0 Å². The fourth-order valence-electron chi connectivity index (χ4n) is 17.8. The first-order valence-electron chi connectivity index (χ1n) is 38.2. The highest BCUT2D eigenvalue weighted by Crippen LogP contribution is 2.56. The number of para-hydroxylation sites is 1. The van der Waals surface area contributed by atoms with Gasteiger partial charge in [-0.3, -0.25) is 0 Å². The largest absolute Gasteiger partial charge is 0.311 e. The predicted octanol–water partition coefficient (Wildman–Crippen LogP) is 27.7. The van der Waals surface area contributed by atoms with Gasteiger partial charge in [0.05, 0.1) is 11.7 Å². The van der Waals surface area contributed by atoms with Crippen molar-refractivity contribution < 1.29 is 0 Å². The summed E-state index contributed by atoms with van der Waals surface area (Å²) in [5, 5.41) is 0. The molecule has 9 aromatic rings. The zero-order valence-corrected chi connectivity index (χ0v) is 59.3. The van der Waals surface area contributed by atoms with E-state index in [-0.39, 0.29) is 0 Å². The molecule has 0 fully saturated rings. The first-order valence-corrected chi connectivity index (χ1v) is 39.0. The zero-order chi connectivity index (χ0) is 64.3. The Hall–Kier alpha value is -6.62. The lowest BCUT2D eigenvalue weighted by atomic mass is 9.66. The van der Waals surface area contributed by atoms with Gasteiger partial charge in [0.1, 0.15) is 11.0 Å². The van der Waals surface area contributed by atoms with Gasteiger partial charge in [0.15, 0.2) is 0 Å². The summed E-state index contributed by atoms with van der Waals surface area (Å²) in [5.41, 5.74) is 35.5. The lowest BCUT2D eigenvalue weighted by Gasteiger charge is -2.38. The molecular formula is C90H109N3S. The van der Waals surface area contributed by atoms with Crippen molar-refractivity contribution in [1.82, 2.24) is 8.75 Å². The summed E-state index contributed by atoms with van der Waals surface area (Å²) in [6, 6.07) is 55.4. The molecular weight excluding hydrogens is 1160 g/mol. The normalized spacial score (nSPS) is 16.6. The van der Waals surface area contributed by atoms with Crippen molar-refractivity contribution in [3.63, 3.8) is 0 Å². The third-order valence-corrected chi connectivity index (χ3v) is 23.2. The Balaban J connectivity index is 0.881. The zero-order valence-electron chi connectivity index (χ0n) is 58.5. The van der Waals surface area contributed by atoms with Gasteiger partial charge in [-0.1, -0.05) is 296 Å². The Morgan fingerprint density at radius 3 is 1.07 bits per heavy atom. The number of nitrogens with zero attached hydrogens (tertiary/aromatic N) is 3. The minimum Gasteiger partial charge on any atom is -0.311 e. The third-order valence-electron chi connectivity index (χ3n) is 22.7. The Kier molecular flexibility index (Phi) is 22.1. The Labute approximate surface area is 571 Å². The maximum Gasteiger partial charge on any atom is 0.113 e. The summed E-state index contributed by atoms with van der Waals surface area (Å²) in [6.45, 7) is 13.9. The highest BCUT2D eigenvalue weighted by molar-refractivity contribution is 7.00. The van der Waals surface area contributed by atoms with Gasteiger partial charge in [0.2, 0.25) is 0 Å². The summed E-state index contributed by atoms with van der Waals surface area (Å²) in [7, 11) is 0. The first kappa shape index (κ1) is 66.0. The van der Waals surface area contributed by atoms with Crippen LogP contribution < -0.4 is 4.90 Å². The summed E-state index contributed by atoms with van der Waals surface area (Å²) >= 11 is 1.42. The summed E-state index contributed by atoms with van der Waals surface area (Å²) < 4.78 is 10.7. The molecule has 0 aliphatic heterocycles. The molecule has 4 atom stereocenters. The van der Waals surface area contributed by atoms with Crippen LogP contribution in [0.3, 0.4) is 0 Å². The average Bonchev–Trinajstić information content (AvgIpc) is 0.794. The van der Waals surface area contributed by atoms with E-state index in [1.165, 1.54) is 253 Å². The van der Waals surface area contributed by atoms with Crippen LogP contribution in [0.15, 0.2) is 140 Å². The molecule has 4 aliphatic carbocycles. The molecule has 1 heterocycles. The third kappa shape index (κ3) is 14.6. The minimum absolute atomic E-state index is 0.460. The van der Waals surface area contributed by atoms with E-state index in [2.05, 4.69) is 186 Å². The van der Waals surface area contributed by atoms with Crippen LogP contribution in [0, 0.1) is 13.8 Å². The number of hydrogen-bond acceptors (Lipinski definition) is 4. The van der Waals surface area contributed by atoms with Crippen LogP contribution in [-0.4, -0.2) is 8.75 Å². The van der Waals surface area contributed by atoms with Gasteiger partial charge in [-0.05, 0) is 214 Å². The molecule has 0 radical (unpaired) electrons. The lowest BCUT2D eigenvalue weighted by molar-refractivity contribution is 0.521. The predicted molar refractivity (Wildman–Crippen MR) is 407 cm³/mol. The highest BCUT2D eigenvalue weighted by Gasteiger charge is 2.38. The van der Waals surface area contributed by atoms with Gasteiger partial charge in [0, 0.05) is 28.2 Å². The second kappa shape index (κ2) is 31.5. The number of hydrogen-bond donors (Lipinski definition) is 0. The molecule has 0 saturated carbocycles. The lowest BCUT2D eigenvalue weighted by Crippen LogP contribution is -2.21. The maximum atomic E-state index is 5.34. The van der Waals surface area contributed by atoms with Crippen molar-refractivity contribution in [3.8, 4) is 55.6 Å². The number of anilines is 3. The van der Waals surface area contributed by atoms with Crippen molar-refractivity contribution in [3.05, 3.63) is 195 Å². The molecule has 13 rings (SSSR count). The number of aromatic nitrogens is 2. The topological polar surface area (TPSA) is 29.0 Å². The smallest absolute Gasteiger partial charge is 0.113 e. The Morgan fingerprint density at radius 2 is 0.660 bits per heavy atom. The standard InChI is InChI=1S/C90H109N3S/c1-7-11-15-19-23-28-34-65-53-74-57-70(60-83-66(35-29-24-20-16-12-8-2)52-72-50-63(6)51-81(65)85(72)87(74)83)79-48-49-80(90-89(79)91-94-92-90)71-58-75-55-67(36-30-25-21-17-13-9-3)82-59-69(56-73-54-68(37-31-26-22-18-14-10-4)84(61-71)88(75)86(73)82)64-42-46-78(47-43-64)93(76-38-32-27-33-39-76)77-44-40-62(5)41-45-77/h27,32-33,38-51,56-61,65-68H,7-26,28-31,34-37,52-55H2,1-6H3. The van der Waals surface area contributed by atoms with Crippen molar-refractivity contribution >= 4 is 39.8 Å². The first-order chi connectivity index (χ1) is 46.3. The van der Waals surface area contributed by atoms with Gasteiger partial charge in [-0.25, -0.2) is 0 Å². The van der Waals surface area contributed by atoms with E-state index >= 15 is 0 Å². The molecule has 8 aromatic carbocycles. The van der Waals surface area contributed by atoms with Crippen LogP contribution in [0.1, 0.15) is 287 Å². The number of rotatable bonds is 34. The van der Waals surface area contributed by atoms with Crippen molar-refractivity contribution in [2.75, 3.05) is 4.90 Å². The molecule has 94 heavy (non-hydrogen) atoms. The van der Waals surface area contributed by atoms with Crippen LogP contribution in [0.4, 0.5) is 17.1 Å². The molecule has 4 heteroatoms. The molecule has 3 nitrogen and oxygen atoms in total. The fourth-order valence-corrected chi connectivity index (χ4v) is 18.3. The van der Waals surface area contributed by atoms with E-state index in [1.807, 2.05) is 0 Å². The van der Waals surface area contributed by atoms with Crippen LogP contribution in [0.25, 0.3) is 66.7 Å². The monoisotopic (exact) mass is 1260 g/mol. The summed E-state index contributed by atoms with van der Waals surface area (Å²) in [6.07, 6.45) is 41.5. The average molecular weight is 1260 g/mol. The molecule has 0 N–H and O–H groups in total. The minimum atomic E-state index is 0.460. The van der Waals surface area contributed by atoms with E-state index in [1.54, 1.807) is 66.8 Å². The second-order valence-electron chi connectivity index (χ2n) is 29.7. The molecule has 4 unspecified atom stereocenters. The maximum absolute atomic E-state index is 5.34. The van der Waals surface area contributed by atoms with Gasteiger partial charge in [-0.2, -0.15) is 8.75 Å². The van der Waals surface area contributed by atoms with E-state index in [0.29, 0.717) is 23.7 Å². The molecule has 490 valence electrons. The highest BCUT2D eigenvalue weighted by atomic mass is 32.1. The molecule has 0 saturated heterocycles.